The zero-order valence-electron chi connectivity index (χ0n) is 10.3. The van der Waals surface area contributed by atoms with Crippen LogP contribution < -0.4 is 16.8 Å². The number of nitrogen functional groups attached to an aromatic ring is 2. The van der Waals surface area contributed by atoms with Gasteiger partial charge in [0.05, 0.1) is 11.4 Å². The summed E-state index contributed by atoms with van der Waals surface area (Å²) in [5, 5.41) is 2.67. The average molecular weight is 243 g/mol. The van der Waals surface area contributed by atoms with Crippen molar-refractivity contribution in [3.63, 3.8) is 0 Å². The molecule has 2 aromatic rings. The first kappa shape index (κ1) is 13.6. The molecular formula is C14H17N3O. The third-order valence-electron chi connectivity index (χ3n) is 2.09. The molecule has 4 nitrogen and oxygen atoms in total. The van der Waals surface area contributed by atoms with Gasteiger partial charge in [0.15, 0.2) is 0 Å². The van der Waals surface area contributed by atoms with Gasteiger partial charge in [-0.25, -0.2) is 0 Å². The molecule has 0 radical (unpaired) electrons. The molecule has 1 amide bonds. The second-order valence-electron chi connectivity index (χ2n) is 3.68. The first-order chi connectivity index (χ1) is 8.59. The van der Waals surface area contributed by atoms with Crippen LogP contribution >= 0.6 is 0 Å². The van der Waals surface area contributed by atoms with Gasteiger partial charge in [-0.3, -0.25) is 4.79 Å². The van der Waals surface area contributed by atoms with Gasteiger partial charge in [0.2, 0.25) is 5.91 Å². The fraction of sp³-hybridized carbons (Fsp3) is 0.0714. The minimum absolute atomic E-state index is 0.0359. The Morgan fingerprint density at radius 2 is 1.33 bits per heavy atom. The van der Waals surface area contributed by atoms with Crippen LogP contribution in [0.3, 0.4) is 0 Å². The van der Waals surface area contributed by atoms with Crippen molar-refractivity contribution in [2.24, 2.45) is 0 Å². The molecule has 0 aliphatic heterocycles. The molecule has 5 N–H and O–H groups in total. The van der Waals surface area contributed by atoms with E-state index in [1.54, 1.807) is 12.1 Å². The van der Waals surface area contributed by atoms with Crippen molar-refractivity contribution in [3.05, 3.63) is 54.6 Å². The molecule has 4 heteroatoms. The quantitative estimate of drug-likeness (QED) is 0.673. The lowest BCUT2D eigenvalue weighted by atomic mass is 10.3. The minimum Gasteiger partial charge on any atom is -0.397 e. The van der Waals surface area contributed by atoms with Crippen molar-refractivity contribution in [2.45, 2.75) is 6.92 Å². The SMILES string of the molecule is CC(=O)Nc1ccccc1.Nc1ccccc1N. The monoisotopic (exact) mass is 243 g/mol. The third-order valence-corrected chi connectivity index (χ3v) is 2.09. The van der Waals surface area contributed by atoms with Gasteiger partial charge in [0, 0.05) is 12.6 Å². The molecule has 94 valence electrons. The maximum atomic E-state index is 10.5. The predicted molar refractivity (Wildman–Crippen MR) is 76.0 cm³/mol. The number of nitrogens with two attached hydrogens (primary N) is 2. The summed E-state index contributed by atoms with van der Waals surface area (Å²) >= 11 is 0. The van der Waals surface area contributed by atoms with Crippen molar-refractivity contribution in [1.82, 2.24) is 0 Å². The van der Waals surface area contributed by atoms with Crippen LogP contribution in [0.2, 0.25) is 0 Å². The average Bonchev–Trinajstić information content (AvgIpc) is 2.34. The number of nitrogens with one attached hydrogen (secondary N) is 1. The van der Waals surface area contributed by atoms with Gasteiger partial charge in [-0.15, -0.1) is 0 Å². The molecular weight excluding hydrogens is 226 g/mol. The highest BCUT2D eigenvalue weighted by Crippen LogP contribution is 2.10. The summed E-state index contributed by atoms with van der Waals surface area (Å²) in [4.78, 5) is 10.5. The highest BCUT2D eigenvalue weighted by molar-refractivity contribution is 5.88. The van der Waals surface area contributed by atoms with E-state index in [9.17, 15) is 4.79 Å². The number of rotatable bonds is 1. The molecule has 0 fully saturated rings. The smallest absolute Gasteiger partial charge is 0.221 e. The maximum absolute atomic E-state index is 10.5. The Kier molecular flexibility index (Phi) is 5.25. The van der Waals surface area contributed by atoms with Crippen molar-refractivity contribution < 1.29 is 4.79 Å². The van der Waals surface area contributed by atoms with Crippen molar-refractivity contribution in [2.75, 3.05) is 16.8 Å². The predicted octanol–water partition coefficient (Wildman–Crippen LogP) is 2.50. The maximum Gasteiger partial charge on any atom is 0.221 e. The Hall–Kier alpha value is -2.49. The first-order valence-electron chi connectivity index (χ1n) is 5.52. The molecule has 0 aliphatic rings. The Bertz CT molecular complexity index is 476. The van der Waals surface area contributed by atoms with E-state index in [1.165, 1.54) is 6.92 Å². The van der Waals surface area contributed by atoms with E-state index in [4.69, 9.17) is 11.5 Å². The molecule has 0 saturated carbocycles. The second kappa shape index (κ2) is 6.96. The van der Waals surface area contributed by atoms with Crippen molar-refractivity contribution in [1.29, 1.82) is 0 Å². The highest BCUT2D eigenvalue weighted by Gasteiger charge is 1.90. The Labute approximate surface area is 107 Å². The number of carbonyl (C=O) groups excluding carboxylic acids is 1. The third kappa shape index (κ3) is 5.03. The van der Waals surface area contributed by atoms with Crippen LogP contribution in [0.15, 0.2) is 54.6 Å². The zero-order chi connectivity index (χ0) is 13.4. The Morgan fingerprint density at radius 3 is 1.72 bits per heavy atom. The molecule has 0 saturated heterocycles. The lowest BCUT2D eigenvalue weighted by Crippen LogP contribution is -2.04. The number of hydrogen-bond acceptors (Lipinski definition) is 3. The summed E-state index contributed by atoms with van der Waals surface area (Å²) in [6.07, 6.45) is 0. The van der Waals surface area contributed by atoms with Crippen molar-refractivity contribution >= 4 is 23.0 Å². The minimum atomic E-state index is -0.0359. The summed E-state index contributed by atoms with van der Waals surface area (Å²) in [7, 11) is 0. The van der Waals surface area contributed by atoms with E-state index in [2.05, 4.69) is 5.32 Å². The van der Waals surface area contributed by atoms with Gasteiger partial charge in [0.25, 0.3) is 0 Å². The molecule has 0 aromatic heterocycles. The van der Waals surface area contributed by atoms with Gasteiger partial charge < -0.3 is 16.8 Å². The number of amides is 1. The van der Waals surface area contributed by atoms with Crippen LogP contribution in [-0.4, -0.2) is 5.91 Å². The summed E-state index contributed by atoms with van der Waals surface area (Å²) in [6, 6.07) is 16.6. The molecule has 18 heavy (non-hydrogen) atoms. The van der Waals surface area contributed by atoms with Crippen LogP contribution in [-0.2, 0) is 4.79 Å². The largest absolute Gasteiger partial charge is 0.397 e. The summed E-state index contributed by atoms with van der Waals surface area (Å²) in [5.74, 6) is -0.0359. The van der Waals surface area contributed by atoms with Crippen LogP contribution in [0.1, 0.15) is 6.92 Å². The Balaban J connectivity index is 0.000000184. The number of benzene rings is 2. The fourth-order valence-electron chi connectivity index (χ4n) is 1.24. The second-order valence-corrected chi connectivity index (χ2v) is 3.68. The van der Waals surface area contributed by atoms with Gasteiger partial charge in [-0.1, -0.05) is 30.3 Å². The topological polar surface area (TPSA) is 81.1 Å². The van der Waals surface area contributed by atoms with Gasteiger partial charge >= 0.3 is 0 Å². The van der Waals surface area contributed by atoms with E-state index in [0.29, 0.717) is 11.4 Å². The summed E-state index contributed by atoms with van der Waals surface area (Å²) < 4.78 is 0. The standard InChI is InChI=1S/C8H9NO.C6H8N2/c1-7(10)9-8-5-3-2-4-6-8;7-5-3-1-2-4-6(5)8/h2-6H,1H3,(H,9,10);1-4H,7-8H2. The summed E-state index contributed by atoms with van der Waals surface area (Å²) in [5.41, 5.74) is 12.9. The number of hydrogen-bond donors (Lipinski definition) is 3. The number of anilines is 3. The van der Waals surface area contributed by atoms with Gasteiger partial charge in [-0.05, 0) is 24.3 Å². The molecule has 0 heterocycles. The van der Waals surface area contributed by atoms with Crippen molar-refractivity contribution in [3.8, 4) is 0 Å². The van der Waals surface area contributed by atoms with E-state index in [1.807, 2.05) is 42.5 Å². The van der Waals surface area contributed by atoms with E-state index in [-0.39, 0.29) is 5.91 Å². The molecule has 0 bridgehead atoms. The van der Waals surface area contributed by atoms with Crippen LogP contribution in [0.5, 0.6) is 0 Å². The number of para-hydroxylation sites is 3. The van der Waals surface area contributed by atoms with Crippen LogP contribution in [0.25, 0.3) is 0 Å². The molecule has 2 aromatic carbocycles. The lowest BCUT2D eigenvalue weighted by molar-refractivity contribution is -0.114. The first-order valence-corrected chi connectivity index (χ1v) is 5.52. The van der Waals surface area contributed by atoms with E-state index in [0.717, 1.165) is 5.69 Å². The normalized spacial score (nSPS) is 8.94. The number of carbonyl (C=O) groups is 1. The fourth-order valence-corrected chi connectivity index (χ4v) is 1.24. The zero-order valence-corrected chi connectivity index (χ0v) is 10.3. The van der Waals surface area contributed by atoms with Crippen LogP contribution in [0, 0.1) is 0 Å². The molecule has 0 unspecified atom stereocenters. The molecule has 0 atom stereocenters. The van der Waals surface area contributed by atoms with E-state index >= 15 is 0 Å². The van der Waals surface area contributed by atoms with Gasteiger partial charge in [0.1, 0.15) is 0 Å². The lowest BCUT2D eigenvalue weighted by Gasteiger charge is -1.98. The van der Waals surface area contributed by atoms with E-state index < -0.39 is 0 Å². The highest BCUT2D eigenvalue weighted by atomic mass is 16.1. The van der Waals surface area contributed by atoms with Gasteiger partial charge in [-0.2, -0.15) is 0 Å². The Morgan fingerprint density at radius 1 is 0.889 bits per heavy atom. The molecule has 0 spiro atoms. The molecule has 2 rings (SSSR count). The van der Waals surface area contributed by atoms with Crippen LogP contribution in [0.4, 0.5) is 17.1 Å². The summed E-state index contributed by atoms with van der Waals surface area (Å²) in [6.45, 7) is 1.49. The molecule has 0 aliphatic carbocycles.